The summed E-state index contributed by atoms with van der Waals surface area (Å²) in [5.74, 6) is 1.01. The summed E-state index contributed by atoms with van der Waals surface area (Å²) in [6, 6.07) is 5.60. The minimum atomic E-state index is 0.134. The fraction of sp³-hybridized carbons (Fsp3) is 0.500. The van der Waals surface area contributed by atoms with Crippen LogP contribution in [0.3, 0.4) is 0 Å². The Labute approximate surface area is 80.4 Å². The second kappa shape index (κ2) is 3.82. The summed E-state index contributed by atoms with van der Waals surface area (Å²) in [5, 5.41) is 11.3. The van der Waals surface area contributed by atoms with Gasteiger partial charge in [0.25, 0.3) is 0 Å². The highest BCUT2D eigenvalue weighted by atomic mass is 16.3. The van der Waals surface area contributed by atoms with Crippen LogP contribution in [0.4, 0.5) is 0 Å². The Morgan fingerprint density at radius 1 is 0.846 bits per heavy atom. The zero-order chi connectivity index (χ0) is 10.0. The number of rotatable bonds is 2. The lowest BCUT2D eigenvalue weighted by Gasteiger charge is -2.10. The molecule has 0 unspecified atom stereocenters. The monoisotopic (exact) mass is 177 g/mol. The van der Waals surface area contributed by atoms with E-state index in [1.807, 2.05) is 0 Å². The van der Waals surface area contributed by atoms with E-state index in [2.05, 4.69) is 33.8 Å². The maximum atomic E-state index is 11.3. The molecule has 0 fully saturated rings. The molecule has 0 aliphatic carbocycles. The molecule has 1 nitrogen and oxygen atoms in total. The van der Waals surface area contributed by atoms with E-state index in [4.69, 9.17) is 0 Å². The third-order valence-electron chi connectivity index (χ3n) is 2.28. The van der Waals surface area contributed by atoms with Crippen molar-refractivity contribution in [2.24, 2.45) is 0 Å². The van der Waals surface area contributed by atoms with Gasteiger partial charge in [-0.2, -0.15) is 0 Å². The van der Waals surface area contributed by atoms with Crippen molar-refractivity contribution < 1.29 is 5.11 Å². The van der Waals surface area contributed by atoms with Gasteiger partial charge in [-0.3, -0.25) is 5.11 Å². The third kappa shape index (κ3) is 2.48. The van der Waals surface area contributed by atoms with Gasteiger partial charge in [0, 0.05) is 0 Å². The van der Waals surface area contributed by atoms with Gasteiger partial charge in [0.1, 0.15) is 0 Å². The molecule has 0 spiro atoms. The molecule has 1 aromatic rings. The molecule has 0 bridgehead atoms. The molecule has 1 rings (SSSR count). The molecule has 0 aromatic heterocycles. The van der Waals surface area contributed by atoms with Crippen molar-refractivity contribution in [2.75, 3.05) is 0 Å². The van der Waals surface area contributed by atoms with Gasteiger partial charge in [-0.1, -0.05) is 33.8 Å². The Morgan fingerprint density at radius 2 is 1.23 bits per heavy atom. The Morgan fingerprint density at radius 3 is 1.54 bits per heavy atom. The van der Waals surface area contributed by atoms with Crippen LogP contribution in [0.15, 0.2) is 18.2 Å². The third-order valence-corrected chi connectivity index (χ3v) is 2.28. The maximum Gasteiger partial charge on any atom is 0.179 e. The van der Waals surface area contributed by atoms with Crippen molar-refractivity contribution >= 4 is 0 Å². The first-order chi connectivity index (χ1) is 6.00. The van der Waals surface area contributed by atoms with E-state index in [9.17, 15) is 5.11 Å². The standard InChI is InChI=1S/C12H17O/c1-8(2)10-5-11(9(3)4)7-12(13)6-10/h5-9H,1-4H3. The molecule has 0 amide bonds. The highest BCUT2D eigenvalue weighted by Gasteiger charge is 2.06. The van der Waals surface area contributed by atoms with Crippen LogP contribution < -0.4 is 0 Å². The van der Waals surface area contributed by atoms with E-state index >= 15 is 0 Å². The van der Waals surface area contributed by atoms with E-state index in [0.29, 0.717) is 11.8 Å². The molecule has 0 saturated carbocycles. The Bertz CT molecular complexity index is 261. The predicted octanol–water partition coefficient (Wildman–Crippen LogP) is 4.08. The summed E-state index contributed by atoms with van der Waals surface area (Å²) >= 11 is 0. The summed E-state index contributed by atoms with van der Waals surface area (Å²) < 4.78 is 0. The topological polar surface area (TPSA) is 19.9 Å². The van der Waals surface area contributed by atoms with E-state index in [1.54, 1.807) is 12.1 Å². The molecule has 1 heteroatoms. The van der Waals surface area contributed by atoms with Crippen LogP contribution in [0.2, 0.25) is 0 Å². The van der Waals surface area contributed by atoms with Gasteiger partial charge in [-0.05, 0) is 35.1 Å². The van der Waals surface area contributed by atoms with Gasteiger partial charge in [-0.25, -0.2) is 0 Å². The van der Waals surface area contributed by atoms with E-state index in [1.165, 1.54) is 0 Å². The fourth-order valence-electron chi connectivity index (χ4n) is 1.31. The van der Waals surface area contributed by atoms with Crippen LogP contribution in [-0.4, -0.2) is 0 Å². The fourth-order valence-corrected chi connectivity index (χ4v) is 1.31. The smallest absolute Gasteiger partial charge is 0.179 e. The van der Waals surface area contributed by atoms with Gasteiger partial charge < -0.3 is 0 Å². The number of hydrogen-bond acceptors (Lipinski definition) is 0. The molecule has 13 heavy (non-hydrogen) atoms. The molecule has 1 radical (unpaired) electrons. The van der Waals surface area contributed by atoms with Crippen LogP contribution in [0.25, 0.3) is 0 Å². The van der Waals surface area contributed by atoms with Crippen LogP contribution in [0, 0.1) is 0 Å². The molecular formula is C12H17O. The Kier molecular flexibility index (Phi) is 2.97. The first-order valence-electron chi connectivity index (χ1n) is 4.82. The summed E-state index contributed by atoms with van der Waals surface area (Å²) in [6.07, 6.45) is 0. The van der Waals surface area contributed by atoms with Gasteiger partial charge in [0.05, 0.1) is 0 Å². The van der Waals surface area contributed by atoms with Crippen LogP contribution in [-0.2, 0) is 5.11 Å². The SMILES string of the molecule is CC(C)c1cc([O])cc(C(C)C)c1. The molecule has 1 aromatic carbocycles. The molecule has 0 aliphatic heterocycles. The molecule has 0 atom stereocenters. The number of benzene rings is 1. The molecule has 71 valence electrons. The second-order valence-corrected chi connectivity index (χ2v) is 4.14. The van der Waals surface area contributed by atoms with Gasteiger partial charge in [0.2, 0.25) is 0 Å². The van der Waals surface area contributed by atoms with Crippen molar-refractivity contribution in [3.05, 3.63) is 29.3 Å². The zero-order valence-electron chi connectivity index (χ0n) is 8.79. The van der Waals surface area contributed by atoms with Gasteiger partial charge in [0.15, 0.2) is 5.75 Å². The highest BCUT2D eigenvalue weighted by Crippen LogP contribution is 2.26. The lowest BCUT2D eigenvalue weighted by Crippen LogP contribution is -1.92. The van der Waals surface area contributed by atoms with E-state index in [-0.39, 0.29) is 5.75 Å². The Balaban J connectivity index is 3.11. The average Bonchev–Trinajstić information content (AvgIpc) is 2.03. The highest BCUT2D eigenvalue weighted by molar-refractivity contribution is 5.36. The van der Waals surface area contributed by atoms with Crippen molar-refractivity contribution in [3.63, 3.8) is 0 Å². The average molecular weight is 177 g/mol. The maximum absolute atomic E-state index is 11.3. The second-order valence-electron chi connectivity index (χ2n) is 4.14. The van der Waals surface area contributed by atoms with Gasteiger partial charge in [-0.15, -0.1) is 0 Å². The molecule has 0 aliphatic rings. The normalized spacial score (nSPS) is 11.2. The lowest BCUT2D eigenvalue weighted by atomic mass is 9.95. The molecule has 0 N–H and O–H groups in total. The van der Waals surface area contributed by atoms with Crippen LogP contribution >= 0.6 is 0 Å². The quantitative estimate of drug-likeness (QED) is 0.648. The van der Waals surface area contributed by atoms with Crippen molar-refractivity contribution in [3.8, 4) is 5.75 Å². The van der Waals surface area contributed by atoms with Crippen molar-refractivity contribution in [2.45, 2.75) is 39.5 Å². The first-order valence-corrected chi connectivity index (χ1v) is 4.82. The molecular weight excluding hydrogens is 160 g/mol. The summed E-state index contributed by atoms with van der Waals surface area (Å²) in [7, 11) is 0. The number of hydrogen-bond donors (Lipinski definition) is 0. The van der Waals surface area contributed by atoms with Crippen LogP contribution in [0.5, 0.6) is 5.75 Å². The van der Waals surface area contributed by atoms with E-state index < -0.39 is 0 Å². The van der Waals surface area contributed by atoms with E-state index in [0.717, 1.165) is 11.1 Å². The summed E-state index contributed by atoms with van der Waals surface area (Å²) in [6.45, 7) is 8.44. The summed E-state index contributed by atoms with van der Waals surface area (Å²) in [4.78, 5) is 0. The van der Waals surface area contributed by atoms with Crippen molar-refractivity contribution in [1.82, 2.24) is 0 Å². The van der Waals surface area contributed by atoms with Crippen LogP contribution in [0.1, 0.15) is 50.7 Å². The Hall–Kier alpha value is -0.980. The zero-order valence-corrected chi connectivity index (χ0v) is 8.79. The summed E-state index contributed by atoms with van der Waals surface area (Å²) in [5.41, 5.74) is 2.30. The minimum Gasteiger partial charge on any atom is -0.290 e. The minimum absolute atomic E-state index is 0.134. The van der Waals surface area contributed by atoms with Crippen molar-refractivity contribution in [1.29, 1.82) is 0 Å². The lowest BCUT2D eigenvalue weighted by molar-refractivity contribution is 0.353. The predicted molar refractivity (Wildman–Crippen MR) is 54.8 cm³/mol. The molecule has 0 saturated heterocycles. The van der Waals surface area contributed by atoms with Gasteiger partial charge >= 0.3 is 0 Å². The largest absolute Gasteiger partial charge is 0.290 e. The molecule has 0 heterocycles. The first kappa shape index (κ1) is 10.1.